The molecule has 2 atom stereocenters. The van der Waals surface area contributed by atoms with Crippen LogP contribution in [0.5, 0.6) is 0 Å². The largest absolute Gasteiger partial charge is 0.383 e. The van der Waals surface area contributed by atoms with E-state index in [0.29, 0.717) is 34.2 Å². The quantitative estimate of drug-likeness (QED) is 0.400. The molecule has 0 aliphatic heterocycles. The number of carbonyl (C=O) groups is 1. The SMILES string of the molecule is COCCn1c(SC(C)C(=O)NC(C)c2ccc(F)cc2)nc2cc(Cl)ccc2c1=O. The molecule has 31 heavy (non-hydrogen) atoms. The van der Waals surface area contributed by atoms with E-state index in [1.54, 1.807) is 44.4 Å². The average Bonchev–Trinajstić information content (AvgIpc) is 2.73. The standard InChI is InChI=1S/C22H23ClFN3O3S/c1-13(15-4-7-17(24)8-5-15)25-20(28)14(2)31-22-26-19-12-16(23)6-9-18(19)21(29)27(22)10-11-30-3/h4-9,12-14H,10-11H2,1-3H3,(H,25,28). The highest BCUT2D eigenvalue weighted by Crippen LogP contribution is 2.25. The zero-order chi connectivity index (χ0) is 22.5. The number of aromatic nitrogens is 2. The van der Waals surface area contributed by atoms with E-state index in [1.807, 2.05) is 6.92 Å². The number of methoxy groups -OCH3 is 1. The Morgan fingerprint density at radius 2 is 1.97 bits per heavy atom. The molecule has 0 fully saturated rings. The second-order valence-electron chi connectivity index (χ2n) is 7.05. The molecular weight excluding hydrogens is 441 g/mol. The summed E-state index contributed by atoms with van der Waals surface area (Å²) in [5, 5.41) is 3.73. The van der Waals surface area contributed by atoms with Gasteiger partial charge < -0.3 is 10.1 Å². The van der Waals surface area contributed by atoms with Gasteiger partial charge in [0, 0.05) is 12.1 Å². The predicted octanol–water partition coefficient (Wildman–Crippen LogP) is 4.19. The number of hydrogen-bond acceptors (Lipinski definition) is 5. The number of nitrogens with one attached hydrogen (secondary N) is 1. The summed E-state index contributed by atoms with van der Waals surface area (Å²) in [5.74, 6) is -0.553. The molecule has 3 aromatic rings. The summed E-state index contributed by atoms with van der Waals surface area (Å²) in [5.41, 5.74) is 1.05. The molecule has 0 spiro atoms. The fourth-order valence-corrected chi connectivity index (χ4v) is 4.13. The van der Waals surface area contributed by atoms with Crippen LogP contribution in [0.15, 0.2) is 52.4 Å². The van der Waals surface area contributed by atoms with Gasteiger partial charge in [0.1, 0.15) is 5.82 Å². The van der Waals surface area contributed by atoms with Gasteiger partial charge in [-0.1, -0.05) is 35.5 Å². The summed E-state index contributed by atoms with van der Waals surface area (Å²) in [7, 11) is 1.55. The highest BCUT2D eigenvalue weighted by molar-refractivity contribution is 8.00. The van der Waals surface area contributed by atoms with E-state index in [9.17, 15) is 14.0 Å². The molecule has 0 saturated carbocycles. The van der Waals surface area contributed by atoms with Crippen LogP contribution in [0, 0.1) is 5.82 Å². The zero-order valence-corrected chi connectivity index (χ0v) is 19.0. The fourth-order valence-electron chi connectivity index (χ4n) is 3.02. The van der Waals surface area contributed by atoms with Crippen LogP contribution in [0.4, 0.5) is 4.39 Å². The molecule has 1 amide bonds. The number of hydrogen-bond donors (Lipinski definition) is 1. The van der Waals surface area contributed by atoms with Crippen molar-refractivity contribution >= 4 is 40.2 Å². The number of rotatable bonds is 8. The lowest BCUT2D eigenvalue weighted by molar-refractivity contribution is -0.120. The lowest BCUT2D eigenvalue weighted by Gasteiger charge is -2.19. The first-order valence-corrected chi connectivity index (χ1v) is 11.0. The molecule has 3 rings (SSSR count). The first-order valence-electron chi connectivity index (χ1n) is 9.71. The Morgan fingerprint density at radius 3 is 2.65 bits per heavy atom. The molecule has 0 aliphatic rings. The number of benzene rings is 2. The van der Waals surface area contributed by atoms with Gasteiger partial charge in [-0.25, -0.2) is 9.37 Å². The van der Waals surface area contributed by atoms with Crippen LogP contribution in [-0.2, 0) is 16.1 Å². The van der Waals surface area contributed by atoms with E-state index < -0.39 is 5.25 Å². The minimum Gasteiger partial charge on any atom is -0.383 e. The fraction of sp³-hybridized carbons (Fsp3) is 0.318. The maximum absolute atomic E-state index is 13.1. The molecule has 2 unspecified atom stereocenters. The number of ether oxygens (including phenoxy) is 1. The second-order valence-corrected chi connectivity index (χ2v) is 8.79. The topological polar surface area (TPSA) is 73.2 Å². The third-order valence-corrected chi connectivity index (χ3v) is 6.11. The van der Waals surface area contributed by atoms with Crippen LogP contribution < -0.4 is 10.9 Å². The van der Waals surface area contributed by atoms with Crippen molar-refractivity contribution in [2.24, 2.45) is 0 Å². The number of thioether (sulfide) groups is 1. The summed E-state index contributed by atoms with van der Waals surface area (Å²) in [6.07, 6.45) is 0. The minimum atomic E-state index is -0.528. The van der Waals surface area contributed by atoms with E-state index in [0.717, 1.165) is 5.56 Å². The van der Waals surface area contributed by atoms with E-state index in [1.165, 1.54) is 28.5 Å². The van der Waals surface area contributed by atoms with Crippen LogP contribution in [0.3, 0.4) is 0 Å². The molecule has 0 radical (unpaired) electrons. The molecular formula is C22H23ClFN3O3S. The van der Waals surface area contributed by atoms with Crippen LogP contribution in [0.1, 0.15) is 25.5 Å². The van der Waals surface area contributed by atoms with Gasteiger partial charge in [0.05, 0.1) is 35.3 Å². The van der Waals surface area contributed by atoms with Crippen molar-refractivity contribution in [2.75, 3.05) is 13.7 Å². The van der Waals surface area contributed by atoms with E-state index in [2.05, 4.69) is 10.3 Å². The number of fused-ring (bicyclic) bond motifs is 1. The van der Waals surface area contributed by atoms with Gasteiger partial charge in [0.15, 0.2) is 5.16 Å². The van der Waals surface area contributed by atoms with Gasteiger partial charge in [0.25, 0.3) is 5.56 Å². The predicted molar refractivity (Wildman–Crippen MR) is 121 cm³/mol. The van der Waals surface area contributed by atoms with Crippen LogP contribution >= 0.6 is 23.4 Å². The van der Waals surface area contributed by atoms with Crippen molar-refractivity contribution in [3.8, 4) is 0 Å². The third kappa shape index (κ3) is 5.64. The Balaban J connectivity index is 1.83. The Morgan fingerprint density at radius 1 is 1.26 bits per heavy atom. The molecule has 2 aromatic carbocycles. The molecule has 1 aromatic heterocycles. The number of carbonyl (C=O) groups excluding carboxylic acids is 1. The summed E-state index contributed by atoms with van der Waals surface area (Å²) >= 11 is 7.25. The third-order valence-electron chi connectivity index (χ3n) is 4.78. The van der Waals surface area contributed by atoms with Gasteiger partial charge in [-0.05, 0) is 49.7 Å². The van der Waals surface area contributed by atoms with Gasteiger partial charge in [0.2, 0.25) is 5.91 Å². The zero-order valence-electron chi connectivity index (χ0n) is 17.4. The normalized spacial score (nSPS) is 13.2. The maximum Gasteiger partial charge on any atom is 0.262 e. The first-order chi connectivity index (χ1) is 14.8. The monoisotopic (exact) mass is 463 g/mol. The van der Waals surface area contributed by atoms with Crippen molar-refractivity contribution in [3.05, 3.63) is 69.2 Å². The second kappa shape index (κ2) is 10.3. The number of nitrogens with zero attached hydrogens (tertiary/aromatic N) is 2. The highest BCUT2D eigenvalue weighted by atomic mass is 35.5. The van der Waals surface area contributed by atoms with E-state index in [4.69, 9.17) is 16.3 Å². The van der Waals surface area contributed by atoms with Crippen molar-refractivity contribution in [1.29, 1.82) is 0 Å². The summed E-state index contributed by atoms with van der Waals surface area (Å²) < 4.78 is 19.8. The Kier molecular flexibility index (Phi) is 7.69. The molecule has 0 aliphatic carbocycles. The maximum atomic E-state index is 13.1. The highest BCUT2D eigenvalue weighted by Gasteiger charge is 2.21. The van der Waals surface area contributed by atoms with Crippen molar-refractivity contribution in [2.45, 2.75) is 36.8 Å². The lowest BCUT2D eigenvalue weighted by atomic mass is 10.1. The number of amides is 1. The van der Waals surface area contributed by atoms with Crippen LogP contribution in [0.25, 0.3) is 10.9 Å². The molecule has 1 heterocycles. The Bertz CT molecular complexity index is 1140. The van der Waals surface area contributed by atoms with Crippen LogP contribution in [0.2, 0.25) is 5.02 Å². The molecule has 0 bridgehead atoms. The molecule has 1 N–H and O–H groups in total. The van der Waals surface area contributed by atoms with Gasteiger partial charge in [-0.2, -0.15) is 0 Å². The minimum absolute atomic E-state index is 0.214. The van der Waals surface area contributed by atoms with E-state index >= 15 is 0 Å². The smallest absolute Gasteiger partial charge is 0.262 e. The van der Waals surface area contributed by atoms with Gasteiger partial charge in [-0.15, -0.1) is 0 Å². The molecule has 0 saturated heterocycles. The molecule has 9 heteroatoms. The number of halogens is 2. The summed E-state index contributed by atoms with van der Waals surface area (Å²) in [6.45, 7) is 4.21. The van der Waals surface area contributed by atoms with E-state index in [-0.39, 0.29) is 23.3 Å². The summed E-state index contributed by atoms with van der Waals surface area (Å²) in [4.78, 5) is 30.3. The Hall–Kier alpha value is -2.42. The first kappa shape index (κ1) is 23.2. The van der Waals surface area contributed by atoms with Crippen molar-refractivity contribution < 1.29 is 13.9 Å². The van der Waals surface area contributed by atoms with Crippen LogP contribution in [-0.4, -0.2) is 34.4 Å². The van der Waals surface area contributed by atoms with Gasteiger partial charge >= 0.3 is 0 Å². The average molecular weight is 464 g/mol. The summed E-state index contributed by atoms with van der Waals surface area (Å²) in [6, 6.07) is 10.6. The molecule has 164 valence electrons. The molecule has 6 nitrogen and oxygen atoms in total. The lowest BCUT2D eigenvalue weighted by Crippen LogP contribution is -2.34. The van der Waals surface area contributed by atoms with Gasteiger partial charge in [-0.3, -0.25) is 14.2 Å². The van der Waals surface area contributed by atoms with Crippen molar-refractivity contribution in [1.82, 2.24) is 14.9 Å². The Labute approximate surface area is 188 Å². The van der Waals surface area contributed by atoms with Crippen molar-refractivity contribution in [3.63, 3.8) is 0 Å².